The maximum absolute atomic E-state index is 6.22. The Kier molecular flexibility index (Phi) is 5.43. The summed E-state index contributed by atoms with van der Waals surface area (Å²) in [7, 11) is 0. The topological polar surface area (TPSA) is 24.4 Å². The number of nitrogens with zero attached hydrogens (tertiary/aromatic N) is 1. The molecule has 1 N–H and O–H groups in total. The molecule has 5 heteroatoms. The molecule has 0 aromatic heterocycles. The van der Waals surface area contributed by atoms with Gasteiger partial charge in [0.15, 0.2) is 5.17 Å². The number of thioether (sulfide) groups is 1. The quantitative estimate of drug-likeness (QED) is 0.853. The van der Waals surface area contributed by atoms with Gasteiger partial charge in [0.1, 0.15) is 0 Å². The van der Waals surface area contributed by atoms with Crippen molar-refractivity contribution in [1.82, 2.24) is 5.32 Å². The van der Waals surface area contributed by atoms with Gasteiger partial charge in [0, 0.05) is 15.3 Å². The lowest BCUT2D eigenvalue weighted by atomic mass is 10.1. The number of nitrogens with one attached hydrogen (secondary N) is 1. The molecule has 0 radical (unpaired) electrons. The number of hydrogen-bond acceptors (Lipinski definition) is 3. The van der Waals surface area contributed by atoms with Crippen LogP contribution in [0.25, 0.3) is 0 Å². The fourth-order valence-electron chi connectivity index (χ4n) is 2.08. The van der Waals surface area contributed by atoms with Crippen molar-refractivity contribution in [1.29, 1.82) is 0 Å². The van der Waals surface area contributed by atoms with E-state index in [0.717, 1.165) is 17.3 Å². The van der Waals surface area contributed by atoms with Crippen molar-refractivity contribution in [2.24, 2.45) is 4.99 Å². The second-order valence-electron chi connectivity index (χ2n) is 4.71. The van der Waals surface area contributed by atoms with E-state index in [4.69, 9.17) is 23.2 Å². The molecule has 1 aromatic rings. The van der Waals surface area contributed by atoms with E-state index in [2.05, 4.69) is 24.2 Å². The molecule has 0 spiro atoms. The minimum absolute atomic E-state index is 0.136. The van der Waals surface area contributed by atoms with E-state index in [9.17, 15) is 0 Å². The molecule has 2 rings (SSSR count). The smallest absolute Gasteiger partial charge is 0.157 e. The molecule has 19 heavy (non-hydrogen) atoms. The Hall–Kier alpha value is -0.380. The maximum Gasteiger partial charge on any atom is 0.157 e. The van der Waals surface area contributed by atoms with Gasteiger partial charge in [0.05, 0.1) is 12.6 Å². The lowest BCUT2D eigenvalue weighted by Gasteiger charge is -2.17. The molecule has 0 fully saturated rings. The lowest BCUT2D eigenvalue weighted by molar-refractivity contribution is 0.720. The summed E-state index contributed by atoms with van der Waals surface area (Å²) in [6.45, 7) is 5.22. The number of amidine groups is 1. The van der Waals surface area contributed by atoms with Gasteiger partial charge >= 0.3 is 0 Å². The summed E-state index contributed by atoms with van der Waals surface area (Å²) < 4.78 is 0. The number of aliphatic imine (C=N–C) groups is 1. The highest BCUT2D eigenvalue weighted by atomic mass is 35.5. The summed E-state index contributed by atoms with van der Waals surface area (Å²) in [6, 6.07) is 5.74. The van der Waals surface area contributed by atoms with Gasteiger partial charge in [-0.2, -0.15) is 0 Å². The van der Waals surface area contributed by atoms with Crippen molar-refractivity contribution < 1.29 is 0 Å². The Labute approximate surface area is 129 Å². The van der Waals surface area contributed by atoms with Crippen LogP contribution in [0, 0.1) is 0 Å². The highest BCUT2D eigenvalue weighted by molar-refractivity contribution is 8.14. The van der Waals surface area contributed by atoms with E-state index in [1.807, 2.05) is 23.9 Å². The number of halogens is 2. The zero-order valence-corrected chi connectivity index (χ0v) is 13.4. The minimum Gasteiger partial charge on any atom is -0.358 e. The van der Waals surface area contributed by atoms with Gasteiger partial charge in [-0.05, 0) is 31.0 Å². The molecular formula is C14H18Cl2N2S. The van der Waals surface area contributed by atoms with Gasteiger partial charge in [-0.3, -0.25) is 4.99 Å². The van der Waals surface area contributed by atoms with Crippen molar-refractivity contribution in [3.8, 4) is 0 Å². The van der Waals surface area contributed by atoms with Crippen LogP contribution in [0.2, 0.25) is 10.0 Å². The molecule has 1 heterocycles. The van der Waals surface area contributed by atoms with E-state index in [0.29, 0.717) is 15.3 Å². The van der Waals surface area contributed by atoms with Gasteiger partial charge in [0.25, 0.3) is 0 Å². The first-order valence-corrected chi connectivity index (χ1v) is 8.16. The zero-order chi connectivity index (χ0) is 13.8. The molecule has 1 aliphatic heterocycles. The van der Waals surface area contributed by atoms with E-state index in [1.54, 1.807) is 6.07 Å². The van der Waals surface area contributed by atoms with Crippen LogP contribution in [-0.2, 0) is 0 Å². The Balaban J connectivity index is 1.96. The number of rotatable bonds is 4. The largest absolute Gasteiger partial charge is 0.358 e. The highest BCUT2D eigenvalue weighted by Crippen LogP contribution is 2.29. The predicted molar refractivity (Wildman–Crippen MR) is 86.6 cm³/mol. The van der Waals surface area contributed by atoms with Crippen LogP contribution >= 0.6 is 35.0 Å². The molecule has 0 aliphatic carbocycles. The summed E-state index contributed by atoms with van der Waals surface area (Å²) >= 11 is 14.0. The lowest BCUT2D eigenvalue weighted by Crippen LogP contribution is -2.23. The Morgan fingerprint density at radius 1 is 1.47 bits per heavy atom. The fraction of sp³-hybridized carbons (Fsp3) is 0.500. The molecule has 0 saturated carbocycles. The van der Waals surface area contributed by atoms with Crippen LogP contribution in [0.15, 0.2) is 23.2 Å². The van der Waals surface area contributed by atoms with Crippen LogP contribution < -0.4 is 5.32 Å². The highest BCUT2D eigenvalue weighted by Gasteiger charge is 2.20. The monoisotopic (exact) mass is 316 g/mol. The van der Waals surface area contributed by atoms with Crippen molar-refractivity contribution in [2.45, 2.75) is 38.0 Å². The van der Waals surface area contributed by atoms with Gasteiger partial charge in [-0.25, -0.2) is 0 Å². The molecular weight excluding hydrogens is 299 g/mol. The number of benzene rings is 1. The molecule has 0 bridgehead atoms. The number of hydrogen-bond donors (Lipinski definition) is 1. The third-order valence-corrected chi connectivity index (χ3v) is 4.85. The third kappa shape index (κ3) is 4.04. The van der Waals surface area contributed by atoms with Crippen molar-refractivity contribution >= 4 is 40.1 Å². The van der Waals surface area contributed by atoms with Crippen molar-refractivity contribution in [3.63, 3.8) is 0 Å². The van der Waals surface area contributed by atoms with Gasteiger partial charge < -0.3 is 5.32 Å². The Bertz CT molecular complexity index is 477. The molecule has 1 aromatic carbocycles. The molecule has 2 unspecified atom stereocenters. The molecule has 1 aliphatic rings. The maximum atomic E-state index is 6.22. The summed E-state index contributed by atoms with van der Waals surface area (Å²) in [6.07, 6.45) is 2.43. The summed E-state index contributed by atoms with van der Waals surface area (Å²) in [5.41, 5.74) is 1.05. The first-order valence-electron chi connectivity index (χ1n) is 6.52. The normalized spacial score (nSPS) is 20.2. The van der Waals surface area contributed by atoms with Gasteiger partial charge in [0.2, 0.25) is 0 Å². The van der Waals surface area contributed by atoms with Crippen LogP contribution in [0.4, 0.5) is 0 Å². The summed E-state index contributed by atoms with van der Waals surface area (Å²) in [5, 5.41) is 6.44. The average Bonchev–Trinajstić information content (AvgIpc) is 2.76. The molecule has 0 saturated heterocycles. The third-order valence-electron chi connectivity index (χ3n) is 3.10. The van der Waals surface area contributed by atoms with E-state index < -0.39 is 0 Å². The second kappa shape index (κ2) is 6.87. The Morgan fingerprint density at radius 2 is 2.26 bits per heavy atom. The van der Waals surface area contributed by atoms with Crippen LogP contribution in [-0.4, -0.2) is 17.0 Å². The first kappa shape index (κ1) is 15.0. The second-order valence-corrected chi connectivity index (χ2v) is 6.84. The molecule has 2 nitrogen and oxygen atoms in total. The average molecular weight is 317 g/mol. The van der Waals surface area contributed by atoms with Crippen LogP contribution in [0.5, 0.6) is 0 Å². The van der Waals surface area contributed by atoms with Crippen LogP contribution in [0.3, 0.4) is 0 Å². The SMILES string of the molecule is CCCC1CN=C(NC(C)c2ccc(Cl)cc2Cl)S1. The molecule has 0 amide bonds. The standard InChI is InChI=1S/C14H18Cl2N2S/c1-3-4-11-8-17-14(19-11)18-9(2)12-6-5-10(15)7-13(12)16/h5-7,9,11H,3-4,8H2,1-2H3,(H,17,18). The zero-order valence-electron chi connectivity index (χ0n) is 11.1. The van der Waals surface area contributed by atoms with Gasteiger partial charge in [-0.1, -0.05) is 54.4 Å². The van der Waals surface area contributed by atoms with Crippen LogP contribution in [0.1, 0.15) is 38.3 Å². The van der Waals surface area contributed by atoms with E-state index >= 15 is 0 Å². The Morgan fingerprint density at radius 3 is 2.95 bits per heavy atom. The van der Waals surface area contributed by atoms with Crippen molar-refractivity contribution in [3.05, 3.63) is 33.8 Å². The molecule has 2 atom stereocenters. The predicted octanol–water partition coefficient (Wildman–Crippen LogP) is 4.92. The molecule has 104 valence electrons. The summed E-state index contributed by atoms with van der Waals surface area (Å²) in [5.74, 6) is 0. The van der Waals surface area contributed by atoms with Gasteiger partial charge in [-0.15, -0.1) is 0 Å². The van der Waals surface area contributed by atoms with Crippen molar-refractivity contribution in [2.75, 3.05) is 6.54 Å². The van der Waals surface area contributed by atoms with E-state index in [1.165, 1.54) is 12.8 Å². The minimum atomic E-state index is 0.136. The fourth-order valence-corrected chi connectivity index (χ4v) is 3.87. The first-order chi connectivity index (χ1) is 9.10. The summed E-state index contributed by atoms with van der Waals surface area (Å²) in [4.78, 5) is 4.55. The van der Waals surface area contributed by atoms with E-state index in [-0.39, 0.29) is 6.04 Å².